The van der Waals surface area contributed by atoms with Crippen molar-refractivity contribution in [3.63, 3.8) is 0 Å². The van der Waals surface area contributed by atoms with E-state index in [0.717, 1.165) is 16.5 Å². The highest BCUT2D eigenvalue weighted by Gasteiger charge is 2.13. The Morgan fingerprint density at radius 1 is 1.37 bits per heavy atom. The average Bonchev–Trinajstić information content (AvgIpc) is 3.02. The van der Waals surface area contributed by atoms with Crippen LogP contribution >= 0.6 is 23.4 Å². The van der Waals surface area contributed by atoms with Crippen LogP contribution in [0.25, 0.3) is 22.4 Å². The van der Waals surface area contributed by atoms with Crippen LogP contribution in [0.4, 0.5) is 0 Å². The summed E-state index contributed by atoms with van der Waals surface area (Å²) in [6.07, 6.45) is 1.87. The molecule has 96 valence electrons. The zero-order valence-electron chi connectivity index (χ0n) is 9.89. The maximum absolute atomic E-state index is 5.70. The van der Waals surface area contributed by atoms with Crippen LogP contribution in [0.5, 0.6) is 0 Å². The van der Waals surface area contributed by atoms with Gasteiger partial charge in [-0.3, -0.25) is 0 Å². The average molecular weight is 292 g/mol. The SMILES string of the molecule is C=C(Cl)CSc1nnc(-c2c[nH]c3ccccc23)o1. The predicted octanol–water partition coefficient (Wildman–Crippen LogP) is 4.06. The molecule has 0 bridgehead atoms. The van der Waals surface area contributed by atoms with E-state index >= 15 is 0 Å². The Kier molecular flexibility index (Phi) is 3.31. The van der Waals surface area contributed by atoms with Crippen LogP contribution in [0.2, 0.25) is 0 Å². The van der Waals surface area contributed by atoms with Gasteiger partial charge in [-0.1, -0.05) is 48.1 Å². The van der Waals surface area contributed by atoms with Crippen LogP contribution in [0.1, 0.15) is 0 Å². The summed E-state index contributed by atoms with van der Waals surface area (Å²) in [5, 5.41) is 10.1. The fourth-order valence-corrected chi connectivity index (χ4v) is 2.45. The number of benzene rings is 1. The monoisotopic (exact) mass is 291 g/mol. The summed E-state index contributed by atoms with van der Waals surface area (Å²) in [5.41, 5.74) is 1.94. The predicted molar refractivity (Wildman–Crippen MR) is 77.3 cm³/mol. The molecule has 3 rings (SSSR count). The maximum atomic E-state index is 5.70. The molecule has 0 spiro atoms. The molecule has 0 saturated heterocycles. The summed E-state index contributed by atoms with van der Waals surface area (Å²) in [4.78, 5) is 3.18. The van der Waals surface area contributed by atoms with Crippen molar-refractivity contribution in [3.05, 3.63) is 42.1 Å². The molecule has 0 amide bonds. The quantitative estimate of drug-likeness (QED) is 0.736. The summed E-state index contributed by atoms with van der Waals surface area (Å²) in [7, 11) is 0. The first kappa shape index (κ1) is 12.3. The van der Waals surface area contributed by atoms with Crippen LogP contribution < -0.4 is 0 Å². The fraction of sp³-hybridized carbons (Fsp3) is 0.0769. The first-order valence-electron chi connectivity index (χ1n) is 5.60. The molecule has 0 fully saturated rings. The van der Waals surface area contributed by atoms with Gasteiger partial charge in [-0.25, -0.2) is 0 Å². The third kappa shape index (κ3) is 2.52. The number of nitrogens with zero attached hydrogens (tertiary/aromatic N) is 2. The fourth-order valence-electron chi connectivity index (χ4n) is 1.77. The van der Waals surface area contributed by atoms with Gasteiger partial charge in [-0.2, -0.15) is 0 Å². The van der Waals surface area contributed by atoms with E-state index in [1.54, 1.807) is 0 Å². The smallest absolute Gasteiger partial charge is 0.277 e. The van der Waals surface area contributed by atoms with Gasteiger partial charge in [0, 0.05) is 27.9 Å². The third-order valence-corrected chi connectivity index (χ3v) is 3.78. The molecule has 19 heavy (non-hydrogen) atoms. The van der Waals surface area contributed by atoms with Crippen LogP contribution in [-0.4, -0.2) is 20.9 Å². The molecule has 0 saturated carbocycles. The number of aromatic nitrogens is 3. The van der Waals surface area contributed by atoms with E-state index in [1.807, 2.05) is 30.5 Å². The lowest BCUT2D eigenvalue weighted by atomic mass is 10.2. The van der Waals surface area contributed by atoms with Crippen molar-refractivity contribution < 1.29 is 4.42 Å². The van der Waals surface area contributed by atoms with Gasteiger partial charge in [0.05, 0.1) is 5.56 Å². The number of halogens is 1. The number of para-hydroxylation sites is 1. The standard InChI is InChI=1S/C13H10ClN3OS/c1-8(14)7-19-13-17-16-12(18-13)10-6-15-11-5-3-2-4-9(10)11/h2-6,15H,1,7H2. The zero-order valence-corrected chi connectivity index (χ0v) is 11.5. The Morgan fingerprint density at radius 2 is 2.21 bits per heavy atom. The second-order valence-electron chi connectivity index (χ2n) is 3.93. The van der Waals surface area contributed by atoms with Gasteiger partial charge in [0.25, 0.3) is 11.1 Å². The molecule has 1 N–H and O–H groups in total. The molecule has 0 aliphatic rings. The molecule has 2 heterocycles. The van der Waals surface area contributed by atoms with Crippen molar-refractivity contribution in [1.82, 2.24) is 15.2 Å². The van der Waals surface area contributed by atoms with Gasteiger partial charge in [0.2, 0.25) is 0 Å². The Hall–Kier alpha value is -1.72. The number of H-pyrrole nitrogens is 1. The van der Waals surface area contributed by atoms with E-state index in [9.17, 15) is 0 Å². The van der Waals surface area contributed by atoms with Gasteiger partial charge in [-0.15, -0.1) is 10.2 Å². The number of hydrogen-bond acceptors (Lipinski definition) is 4. The van der Waals surface area contributed by atoms with Crippen LogP contribution in [0.15, 0.2) is 51.7 Å². The van der Waals surface area contributed by atoms with Gasteiger partial charge in [0.1, 0.15) is 0 Å². The van der Waals surface area contributed by atoms with Crippen molar-refractivity contribution >= 4 is 34.3 Å². The van der Waals surface area contributed by atoms with Gasteiger partial charge >= 0.3 is 0 Å². The van der Waals surface area contributed by atoms with E-state index in [0.29, 0.717) is 21.9 Å². The summed E-state index contributed by atoms with van der Waals surface area (Å²) in [5.74, 6) is 1.05. The highest BCUT2D eigenvalue weighted by molar-refractivity contribution is 7.99. The van der Waals surface area contributed by atoms with Gasteiger partial charge in [-0.05, 0) is 6.07 Å². The minimum atomic E-state index is 0.488. The molecule has 0 unspecified atom stereocenters. The van der Waals surface area contributed by atoms with E-state index in [-0.39, 0.29) is 0 Å². The largest absolute Gasteiger partial charge is 0.411 e. The molecule has 6 heteroatoms. The number of aromatic amines is 1. The van der Waals surface area contributed by atoms with Gasteiger partial charge < -0.3 is 9.40 Å². The maximum Gasteiger partial charge on any atom is 0.277 e. The molecule has 0 aliphatic carbocycles. The van der Waals surface area contributed by atoms with Crippen molar-refractivity contribution in [2.24, 2.45) is 0 Å². The Morgan fingerprint density at radius 3 is 3.05 bits per heavy atom. The zero-order chi connectivity index (χ0) is 13.2. The lowest BCUT2D eigenvalue weighted by Gasteiger charge is -1.93. The highest BCUT2D eigenvalue weighted by atomic mass is 35.5. The number of thioether (sulfide) groups is 1. The Bertz CT molecular complexity index is 734. The molecule has 2 aromatic heterocycles. The van der Waals surface area contributed by atoms with Crippen molar-refractivity contribution in [2.75, 3.05) is 5.75 Å². The number of nitrogens with one attached hydrogen (secondary N) is 1. The number of rotatable bonds is 4. The van der Waals surface area contributed by atoms with Crippen LogP contribution in [0, 0.1) is 0 Å². The Balaban J connectivity index is 1.92. The Labute approximate surface area is 118 Å². The molecule has 0 aliphatic heterocycles. The normalized spacial score (nSPS) is 11.0. The third-order valence-electron chi connectivity index (χ3n) is 2.58. The van der Waals surface area contributed by atoms with Gasteiger partial charge in [0.15, 0.2) is 0 Å². The molecular weight excluding hydrogens is 282 g/mol. The molecule has 1 aromatic carbocycles. The van der Waals surface area contributed by atoms with Crippen molar-refractivity contribution in [2.45, 2.75) is 5.22 Å². The summed E-state index contributed by atoms with van der Waals surface area (Å²) < 4.78 is 5.61. The lowest BCUT2D eigenvalue weighted by Crippen LogP contribution is -1.76. The van der Waals surface area contributed by atoms with E-state index < -0.39 is 0 Å². The minimum absolute atomic E-state index is 0.488. The first-order chi connectivity index (χ1) is 9.24. The summed E-state index contributed by atoms with van der Waals surface area (Å²) in [6, 6.07) is 7.97. The van der Waals surface area contributed by atoms with Crippen molar-refractivity contribution in [3.8, 4) is 11.5 Å². The van der Waals surface area contributed by atoms with Crippen molar-refractivity contribution in [1.29, 1.82) is 0 Å². The van der Waals surface area contributed by atoms with Crippen LogP contribution in [0.3, 0.4) is 0 Å². The summed E-state index contributed by atoms with van der Waals surface area (Å²) >= 11 is 7.07. The topological polar surface area (TPSA) is 54.7 Å². The summed E-state index contributed by atoms with van der Waals surface area (Å²) in [6.45, 7) is 3.62. The number of hydrogen-bond donors (Lipinski definition) is 1. The minimum Gasteiger partial charge on any atom is -0.411 e. The molecule has 4 nitrogen and oxygen atoms in total. The lowest BCUT2D eigenvalue weighted by molar-refractivity contribution is 0.466. The molecule has 3 aromatic rings. The van der Waals surface area contributed by atoms with Crippen LogP contribution in [-0.2, 0) is 0 Å². The second-order valence-corrected chi connectivity index (χ2v) is 5.39. The van der Waals surface area contributed by atoms with E-state index in [4.69, 9.17) is 16.0 Å². The first-order valence-corrected chi connectivity index (χ1v) is 6.96. The molecule has 0 atom stereocenters. The van der Waals surface area contributed by atoms with E-state index in [1.165, 1.54) is 11.8 Å². The number of fused-ring (bicyclic) bond motifs is 1. The highest BCUT2D eigenvalue weighted by Crippen LogP contribution is 2.29. The van der Waals surface area contributed by atoms with E-state index in [2.05, 4.69) is 21.8 Å². The molecule has 0 radical (unpaired) electrons. The molecular formula is C13H10ClN3OS. The second kappa shape index (κ2) is 5.11.